The predicted molar refractivity (Wildman–Crippen MR) is 78.5 cm³/mol. The highest BCUT2D eigenvalue weighted by molar-refractivity contribution is 5.39. The van der Waals surface area contributed by atoms with Crippen molar-refractivity contribution in [2.75, 3.05) is 20.7 Å². The summed E-state index contributed by atoms with van der Waals surface area (Å²) in [6, 6.07) is 7.53. The Bertz CT molecular complexity index is 435. The van der Waals surface area contributed by atoms with Crippen LogP contribution in [0.3, 0.4) is 0 Å². The number of aryl methyl sites for hydroxylation is 1. The Morgan fingerprint density at radius 3 is 2.79 bits per heavy atom. The summed E-state index contributed by atoms with van der Waals surface area (Å²) in [5.41, 5.74) is 4.62. The minimum absolute atomic E-state index is 0.351. The van der Waals surface area contributed by atoms with Crippen molar-refractivity contribution in [2.24, 2.45) is 0 Å². The minimum atomic E-state index is 0.351. The molecule has 1 aliphatic heterocycles. The largest absolute Gasteiger partial charge is 0.374 e. The van der Waals surface area contributed by atoms with E-state index in [9.17, 15) is 0 Å². The second-order valence-corrected chi connectivity index (χ2v) is 6.20. The first-order valence-electron chi connectivity index (χ1n) is 7.64. The summed E-state index contributed by atoms with van der Waals surface area (Å²) in [7, 11) is 4.41. The number of rotatable bonds is 2. The predicted octanol–water partition coefficient (Wildman–Crippen LogP) is 3.35. The molecule has 1 aromatic carbocycles. The quantitative estimate of drug-likeness (QED) is 0.807. The molecule has 19 heavy (non-hydrogen) atoms. The van der Waals surface area contributed by atoms with Crippen LogP contribution in [-0.4, -0.2) is 31.6 Å². The lowest BCUT2D eigenvalue weighted by Crippen LogP contribution is -2.34. The second-order valence-electron chi connectivity index (χ2n) is 6.20. The lowest BCUT2D eigenvalue weighted by Gasteiger charge is -2.33. The lowest BCUT2D eigenvalue weighted by molar-refractivity contribution is 0.0141. The molecule has 1 aromatic rings. The van der Waals surface area contributed by atoms with Crippen LogP contribution in [-0.2, 0) is 17.6 Å². The molecule has 0 amide bonds. The SMILES string of the molecule is CN(C)[C@H]1CCc2cccc([C@H]3CCCCO3)c2C1. The molecule has 0 saturated carbocycles. The normalized spacial score (nSPS) is 27.3. The van der Waals surface area contributed by atoms with Gasteiger partial charge in [-0.2, -0.15) is 0 Å². The van der Waals surface area contributed by atoms with E-state index in [0.29, 0.717) is 12.1 Å². The van der Waals surface area contributed by atoms with Gasteiger partial charge < -0.3 is 9.64 Å². The Labute approximate surface area is 116 Å². The third kappa shape index (κ3) is 2.70. The zero-order valence-electron chi connectivity index (χ0n) is 12.2. The summed E-state index contributed by atoms with van der Waals surface area (Å²) in [4.78, 5) is 2.38. The molecule has 104 valence electrons. The maximum absolute atomic E-state index is 6.01. The van der Waals surface area contributed by atoms with Crippen molar-refractivity contribution >= 4 is 0 Å². The fourth-order valence-electron chi connectivity index (χ4n) is 3.53. The zero-order chi connectivity index (χ0) is 13.2. The molecule has 1 saturated heterocycles. The van der Waals surface area contributed by atoms with Crippen LogP contribution in [0.25, 0.3) is 0 Å². The highest BCUT2D eigenvalue weighted by Gasteiger charge is 2.26. The smallest absolute Gasteiger partial charge is 0.0827 e. The van der Waals surface area contributed by atoms with Crippen LogP contribution in [0.15, 0.2) is 18.2 Å². The summed E-state index contributed by atoms with van der Waals surface area (Å²) in [5, 5.41) is 0. The van der Waals surface area contributed by atoms with E-state index in [-0.39, 0.29) is 0 Å². The molecule has 2 nitrogen and oxygen atoms in total. The Hall–Kier alpha value is -0.860. The maximum atomic E-state index is 6.01. The molecule has 1 fully saturated rings. The van der Waals surface area contributed by atoms with Crippen molar-refractivity contribution in [3.8, 4) is 0 Å². The average molecular weight is 259 g/mol. The topological polar surface area (TPSA) is 12.5 Å². The van der Waals surface area contributed by atoms with Gasteiger partial charge in [-0.15, -0.1) is 0 Å². The van der Waals surface area contributed by atoms with Crippen LogP contribution in [0, 0.1) is 0 Å². The number of nitrogens with zero attached hydrogens (tertiary/aromatic N) is 1. The van der Waals surface area contributed by atoms with Crippen molar-refractivity contribution in [1.29, 1.82) is 0 Å². The van der Waals surface area contributed by atoms with Crippen LogP contribution in [0.4, 0.5) is 0 Å². The number of fused-ring (bicyclic) bond motifs is 1. The molecule has 1 heterocycles. The van der Waals surface area contributed by atoms with Crippen molar-refractivity contribution in [3.63, 3.8) is 0 Å². The average Bonchev–Trinajstić information content (AvgIpc) is 2.47. The second kappa shape index (κ2) is 5.64. The van der Waals surface area contributed by atoms with Crippen LogP contribution < -0.4 is 0 Å². The molecule has 2 atom stereocenters. The fourth-order valence-corrected chi connectivity index (χ4v) is 3.53. The van der Waals surface area contributed by atoms with E-state index < -0.39 is 0 Å². The van der Waals surface area contributed by atoms with Gasteiger partial charge in [0.2, 0.25) is 0 Å². The highest BCUT2D eigenvalue weighted by Crippen LogP contribution is 2.35. The van der Waals surface area contributed by atoms with Gasteiger partial charge in [-0.25, -0.2) is 0 Å². The summed E-state index contributed by atoms with van der Waals surface area (Å²) in [6.45, 7) is 0.936. The number of likely N-dealkylation sites (N-methyl/N-ethyl adjacent to an activating group) is 1. The van der Waals surface area contributed by atoms with Gasteiger partial charge in [-0.05, 0) is 69.3 Å². The third-order valence-corrected chi connectivity index (χ3v) is 4.75. The van der Waals surface area contributed by atoms with Crippen LogP contribution in [0.1, 0.15) is 48.5 Å². The van der Waals surface area contributed by atoms with E-state index in [1.165, 1.54) is 44.1 Å². The number of hydrogen-bond acceptors (Lipinski definition) is 2. The number of ether oxygens (including phenoxy) is 1. The number of benzene rings is 1. The summed E-state index contributed by atoms with van der Waals surface area (Å²) in [5.74, 6) is 0. The fraction of sp³-hybridized carbons (Fsp3) is 0.647. The molecular weight excluding hydrogens is 234 g/mol. The Morgan fingerprint density at radius 2 is 2.05 bits per heavy atom. The molecule has 0 aromatic heterocycles. The van der Waals surface area contributed by atoms with Crippen molar-refractivity contribution < 1.29 is 4.74 Å². The molecule has 3 rings (SSSR count). The molecule has 0 spiro atoms. The van der Waals surface area contributed by atoms with Crippen molar-refractivity contribution in [2.45, 2.75) is 50.7 Å². The third-order valence-electron chi connectivity index (χ3n) is 4.75. The monoisotopic (exact) mass is 259 g/mol. The Balaban J connectivity index is 1.89. The van der Waals surface area contributed by atoms with E-state index in [1.807, 2.05) is 0 Å². The van der Waals surface area contributed by atoms with Crippen LogP contribution in [0.5, 0.6) is 0 Å². The standard InChI is InChI=1S/C17H25NO/c1-18(2)14-10-9-13-6-5-7-15(16(13)12-14)17-8-3-4-11-19-17/h5-7,14,17H,3-4,8-12H2,1-2H3/t14-,17+/m0/s1. The molecule has 0 radical (unpaired) electrons. The van der Waals surface area contributed by atoms with Crippen molar-refractivity contribution in [3.05, 3.63) is 34.9 Å². The highest BCUT2D eigenvalue weighted by atomic mass is 16.5. The first-order valence-corrected chi connectivity index (χ1v) is 7.64. The van der Waals surface area contributed by atoms with E-state index in [1.54, 1.807) is 11.1 Å². The Kier molecular flexibility index (Phi) is 3.90. The maximum Gasteiger partial charge on any atom is 0.0827 e. The number of hydrogen-bond donors (Lipinski definition) is 0. The van der Waals surface area contributed by atoms with E-state index >= 15 is 0 Å². The van der Waals surface area contributed by atoms with Gasteiger partial charge in [-0.1, -0.05) is 18.2 Å². The first-order chi connectivity index (χ1) is 9.25. The first kappa shape index (κ1) is 13.1. The van der Waals surface area contributed by atoms with E-state index in [4.69, 9.17) is 4.74 Å². The molecule has 1 aliphatic carbocycles. The van der Waals surface area contributed by atoms with E-state index in [0.717, 1.165) is 6.61 Å². The summed E-state index contributed by atoms with van der Waals surface area (Å²) >= 11 is 0. The summed E-state index contributed by atoms with van der Waals surface area (Å²) < 4.78 is 6.01. The van der Waals surface area contributed by atoms with Crippen LogP contribution in [0.2, 0.25) is 0 Å². The van der Waals surface area contributed by atoms with Gasteiger partial charge in [0, 0.05) is 12.6 Å². The molecule has 0 N–H and O–H groups in total. The lowest BCUT2D eigenvalue weighted by atomic mass is 9.82. The van der Waals surface area contributed by atoms with Crippen molar-refractivity contribution in [1.82, 2.24) is 4.90 Å². The molecule has 2 heteroatoms. The molecule has 2 aliphatic rings. The Morgan fingerprint density at radius 1 is 1.16 bits per heavy atom. The summed E-state index contributed by atoms with van der Waals surface area (Å²) in [6.07, 6.45) is 7.79. The van der Waals surface area contributed by atoms with Gasteiger partial charge in [0.15, 0.2) is 0 Å². The molecule has 0 unspecified atom stereocenters. The van der Waals surface area contributed by atoms with Gasteiger partial charge in [0.05, 0.1) is 6.10 Å². The van der Waals surface area contributed by atoms with Gasteiger partial charge >= 0.3 is 0 Å². The molecule has 0 bridgehead atoms. The van der Waals surface area contributed by atoms with E-state index in [2.05, 4.69) is 37.2 Å². The van der Waals surface area contributed by atoms with Crippen LogP contribution >= 0.6 is 0 Å². The van der Waals surface area contributed by atoms with Gasteiger partial charge in [-0.3, -0.25) is 0 Å². The van der Waals surface area contributed by atoms with Gasteiger partial charge in [0.1, 0.15) is 0 Å². The zero-order valence-corrected chi connectivity index (χ0v) is 12.2. The van der Waals surface area contributed by atoms with Gasteiger partial charge in [0.25, 0.3) is 0 Å². The minimum Gasteiger partial charge on any atom is -0.374 e. The molecular formula is C17H25NO.